The zero-order valence-electron chi connectivity index (χ0n) is 16.2. The van der Waals surface area contributed by atoms with Gasteiger partial charge in [0.15, 0.2) is 11.6 Å². The van der Waals surface area contributed by atoms with E-state index < -0.39 is 72.4 Å². The van der Waals surface area contributed by atoms with Crippen molar-refractivity contribution in [2.24, 2.45) is 0 Å². The highest BCUT2D eigenvalue weighted by Crippen LogP contribution is 2.32. The molecule has 7 nitrogen and oxygen atoms in total. The van der Waals surface area contributed by atoms with E-state index in [4.69, 9.17) is 4.74 Å². The van der Waals surface area contributed by atoms with Crippen molar-refractivity contribution in [3.8, 4) is 11.4 Å². The van der Waals surface area contributed by atoms with Crippen molar-refractivity contribution in [1.29, 1.82) is 0 Å². The Morgan fingerprint density at radius 2 is 1.73 bits per heavy atom. The lowest BCUT2D eigenvalue weighted by Crippen LogP contribution is -2.28. The van der Waals surface area contributed by atoms with Crippen LogP contribution in [0.3, 0.4) is 0 Å². The van der Waals surface area contributed by atoms with Crippen LogP contribution in [0.5, 0.6) is 5.75 Å². The Bertz CT molecular complexity index is 1430. The van der Waals surface area contributed by atoms with Crippen LogP contribution in [0, 0.1) is 17.5 Å². The summed E-state index contributed by atoms with van der Waals surface area (Å²) in [6, 6.07) is 2.80. The van der Waals surface area contributed by atoms with Crippen molar-refractivity contribution >= 4 is 27.0 Å². The minimum Gasteiger partial charge on any atom is -0.462 e. The van der Waals surface area contributed by atoms with E-state index in [1.165, 1.54) is 6.92 Å². The van der Waals surface area contributed by atoms with Crippen molar-refractivity contribution in [1.82, 2.24) is 4.57 Å². The monoisotopic (exact) mass is 495 g/mol. The van der Waals surface area contributed by atoms with E-state index in [2.05, 4.69) is 4.18 Å². The second kappa shape index (κ2) is 8.42. The Hall–Kier alpha value is -3.55. The van der Waals surface area contributed by atoms with Gasteiger partial charge in [0.1, 0.15) is 17.2 Å². The van der Waals surface area contributed by atoms with Crippen LogP contribution < -0.4 is 9.61 Å². The number of fused-ring (bicyclic) bond motifs is 1. The standard InChI is InChI=1S/C19H11F6NO6S/c1-2-31-18(28)11-8-26(14-4-3-9(20)5-12(14)21)15-7-16(13(22)6-10(15)17(11)27)32-33(29,30)19(23,24)25/h3-8H,2H2,1H3. The molecule has 1 heterocycles. The molecule has 3 aromatic rings. The molecular weight excluding hydrogens is 484 g/mol. The summed E-state index contributed by atoms with van der Waals surface area (Å²) in [6.07, 6.45) is 0.735. The fraction of sp³-hybridized carbons (Fsp3) is 0.158. The second-order valence-corrected chi connectivity index (χ2v) is 7.88. The highest BCUT2D eigenvalue weighted by Gasteiger charge is 2.49. The average Bonchev–Trinajstić information content (AvgIpc) is 2.69. The van der Waals surface area contributed by atoms with Crippen molar-refractivity contribution in [3.05, 3.63) is 69.8 Å². The van der Waals surface area contributed by atoms with Gasteiger partial charge in [-0.25, -0.2) is 18.0 Å². The van der Waals surface area contributed by atoms with Crippen LogP contribution in [0.4, 0.5) is 26.3 Å². The van der Waals surface area contributed by atoms with Crippen LogP contribution in [0.1, 0.15) is 17.3 Å². The van der Waals surface area contributed by atoms with Crippen LogP contribution in [-0.4, -0.2) is 31.1 Å². The number of hydrogen-bond acceptors (Lipinski definition) is 6. The molecule has 0 aliphatic rings. The number of pyridine rings is 1. The van der Waals surface area contributed by atoms with Gasteiger partial charge in [0.25, 0.3) is 0 Å². The normalized spacial score (nSPS) is 12.1. The summed E-state index contributed by atoms with van der Waals surface area (Å²) < 4.78 is 112. The molecule has 0 unspecified atom stereocenters. The molecule has 0 saturated carbocycles. The van der Waals surface area contributed by atoms with Gasteiger partial charge in [0, 0.05) is 18.3 Å². The van der Waals surface area contributed by atoms with Crippen molar-refractivity contribution in [2.75, 3.05) is 6.61 Å². The van der Waals surface area contributed by atoms with Gasteiger partial charge in [0.2, 0.25) is 5.43 Å². The molecule has 0 N–H and O–H groups in total. The predicted molar refractivity (Wildman–Crippen MR) is 101 cm³/mol. The molecule has 2 aromatic carbocycles. The van der Waals surface area contributed by atoms with Gasteiger partial charge in [-0.05, 0) is 25.1 Å². The summed E-state index contributed by atoms with van der Waals surface area (Å²) in [4.78, 5) is 24.9. The van der Waals surface area contributed by atoms with Gasteiger partial charge in [-0.15, -0.1) is 0 Å². The first-order valence-corrected chi connectivity index (χ1v) is 10.2. The van der Waals surface area contributed by atoms with Gasteiger partial charge < -0.3 is 13.5 Å². The first kappa shape index (κ1) is 24.1. The molecule has 3 rings (SSSR count). The smallest absolute Gasteiger partial charge is 0.462 e. The molecule has 0 radical (unpaired) electrons. The van der Waals surface area contributed by atoms with Gasteiger partial charge >= 0.3 is 21.6 Å². The molecule has 0 aliphatic heterocycles. The van der Waals surface area contributed by atoms with Crippen molar-refractivity contribution in [3.63, 3.8) is 0 Å². The van der Waals surface area contributed by atoms with Crippen LogP contribution in [0.25, 0.3) is 16.6 Å². The second-order valence-electron chi connectivity index (χ2n) is 6.34. The third-order valence-corrected chi connectivity index (χ3v) is 5.17. The number of hydrogen-bond donors (Lipinski definition) is 0. The molecule has 0 atom stereocenters. The number of benzene rings is 2. The van der Waals surface area contributed by atoms with Crippen LogP contribution in [-0.2, 0) is 14.9 Å². The minimum atomic E-state index is -6.30. The lowest BCUT2D eigenvalue weighted by atomic mass is 10.1. The van der Waals surface area contributed by atoms with Crippen molar-refractivity contribution in [2.45, 2.75) is 12.4 Å². The topological polar surface area (TPSA) is 91.7 Å². The van der Waals surface area contributed by atoms with E-state index in [9.17, 15) is 44.3 Å². The molecular formula is C19H11F6NO6S. The summed E-state index contributed by atoms with van der Waals surface area (Å²) in [5.41, 5.74) is -8.81. The quantitative estimate of drug-likeness (QED) is 0.231. The highest BCUT2D eigenvalue weighted by molar-refractivity contribution is 7.88. The van der Waals surface area contributed by atoms with E-state index in [-0.39, 0.29) is 6.61 Å². The molecule has 0 bridgehead atoms. The third kappa shape index (κ3) is 4.51. The molecule has 0 fully saturated rings. The summed E-state index contributed by atoms with van der Waals surface area (Å²) in [6.45, 7) is 1.25. The number of ether oxygens (including phenoxy) is 1. The van der Waals surface area contributed by atoms with Gasteiger partial charge in [-0.2, -0.15) is 21.6 Å². The van der Waals surface area contributed by atoms with E-state index in [1.54, 1.807) is 0 Å². The Kier molecular flexibility index (Phi) is 6.15. The number of nitrogens with zero attached hydrogens (tertiary/aromatic N) is 1. The molecule has 14 heteroatoms. The Morgan fingerprint density at radius 1 is 1.06 bits per heavy atom. The summed E-state index contributed by atoms with van der Waals surface area (Å²) in [7, 11) is -6.30. The molecule has 0 amide bonds. The van der Waals surface area contributed by atoms with E-state index in [0.717, 1.165) is 18.3 Å². The van der Waals surface area contributed by atoms with E-state index >= 15 is 0 Å². The number of esters is 1. The minimum absolute atomic E-state index is 0.169. The predicted octanol–water partition coefficient (Wildman–Crippen LogP) is 3.81. The molecule has 0 aliphatic carbocycles. The lowest BCUT2D eigenvalue weighted by molar-refractivity contribution is -0.0500. The highest BCUT2D eigenvalue weighted by atomic mass is 32.2. The number of aromatic nitrogens is 1. The van der Waals surface area contributed by atoms with Crippen molar-refractivity contribution < 1.29 is 48.5 Å². The number of rotatable bonds is 5. The maximum absolute atomic E-state index is 14.4. The van der Waals surface area contributed by atoms with E-state index in [0.29, 0.717) is 22.8 Å². The van der Waals surface area contributed by atoms with Gasteiger partial charge in [-0.3, -0.25) is 4.79 Å². The third-order valence-electron chi connectivity index (χ3n) is 4.20. The number of halogens is 6. The number of carbonyl (C=O) groups excluding carboxylic acids is 1. The van der Waals surface area contributed by atoms with Crippen LogP contribution >= 0.6 is 0 Å². The molecule has 0 saturated heterocycles. The molecule has 0 spiro atoms. The Morgan fingerprint density at radius 3 is 2.30 bits per heavy atom. The summed E-state index contributed by atoms with van der Waals surface area (Å²) >= 11 is 0. The van der Waals surface area contributed by atoms with Gasteiger partial charge in [0.05, 0.1) is 23.2 Å². The zero-order valence-corrected chi connectivity index (χ0v) is 17.1. The first-order chi connectivity index (χ1) is 15.3. The number of alkyl halides is 3. The average molecular weight is 495 g/mol. The summed E-state index contributed by atoms with van der Waals surface area (Å²) in [5.74, 6) is -6.57. The fourth-order valence-corrected chi connectivity index (χ4v) is 3.24. The molecule has 33 heavy (non-hydrogen) atoms. The van der Waals surface area contributed by atoms with Crippen LogP contribution in [0.2, 0.25) is 0 Å². The first-order valence-electron chi connectivity index (χ1n) is 8.79. The fourth-order valence-electron chi connectivity index (χ4n) is 2.79. The van der Waals surface area contributed by atoms with Gasteiger partial charge in [-0.1, -0.05) is 0 Å². The largest absolute Gasteiger partial charge is 0.534 e. The maximum atomic E-state index is 14.4. The number of carbonyl (C=O) groups is 1. The molecule has 1 aromatic heterocycles. The zero-order chi connectivity index (χ0) is 24.7. The maximum Gasteiger partial charge on any atom is 0.534 e. The van der Waals surface area contributed by atoms with Crippen LogP contribution in [0.15, 0.2) is 41.3 Å². The lowest BCUT2D eigenvalue weighted by Gasteiger charge is -2.16. The Balaban J connectivity index is 2.39. The molecule has 176 valence electrons. The SMILES string of the molecule is CCOC(=O)c1cn(-c2ccc(F)cc2F)c2cc(OS(=O)(=O)C(F)(F)F)c(F)cc2c1=O. The summed E-state index contributed by atoms with van der Waals surface area (Å²) in [5, 5.41) is -0.654. The van der Waals surface area contributed by atoms with E-state index in [1.807, 2.05) is 0 Å². The Labute approximate surface area is 180 Å².